The average molecular weight is 204 g/mol. The average Bonchev–Trinajstić information content (AvgIpc) is 2.60. The molecule has 3 N–H and O–H groups in total. The van der Waals surface area contributed by atoms with Crippen molar-refractivity contribution in [1.82, 2.24) is 4.98 Å². The SMILES string of the molecule is CCCCC.Nc1cc2ccccc2[nH]1. The number of benzene rings is 1. The maximum absolute atomic E-state index is 5.54. The molecular formula is C13H20N2. The molecule has 1 aromatic carbocycles. The smallest absolute Gasteiger partial charge is 0.101 e. The number of rotatable bonds is 2. The summed E-state index contributed by atoms with van der Waals surface area (Å²) in [6.45, 7) is 4.42. The molecule has 0 spiro atoms. The molecule has 0 saturated heterocycles. The van der Waals surface area contributed by atoms with E-state index in [2.05, 4.69) is 18.8 Å². The van der Waals surface area contributed by atoms with Crippen molar-refractivity contribution in [2.75, 3.05) is 5.73 Å². The molecule has 15 heavy (non-hydrogen) atoms. The molecule has 0 atom stereocenters. The van der Waals surface area contributed by atoms with Crippen LogP contribution in [0.4, 0.5) is 5.82 Å². The van der Waals surface area contributed by atoms with Crippen molar-refractivity contribution < 1.29 is 0 Å². The number of H-pyrrole nitrogens is 1. The third-order valence-electron chi connectivity index (χ3n) is 2.26. The summed E-state index contributed by atoms with van der Waals surface area (Å²) >= 11 is 0. The lowest BCUT2D eigenvalue weighted by Crippen LogP contribution is -1.80. The molecule has 82 valence electrons. The first-order valence-electron chi connectivity index (χ1n) is 5.61. The summed E-state index contributed by atoms with van der Waals surface area (Å²) in [5.74, 6) is 0.723. The van der Waals surface area contributed by atoms with Crippen molar-refractivity contribution in [1.29, 1.82) is 0 Å². The summed E-state index contributed by atoms with van der Waals surface area (Å²) in [6, 6.07) is 9.94. The van der Waals surface area contributed by atoms with Gasteiger partial charge in [-0.25, -0.2) is 0 Å². The molecule has 1 aromatic heterocycles. The Morgan fingerprint density at radius 3 is 2.33 bits per heavy atom. The van der Waals surface area contributed by atoms with Gasteiger partial charge in [0.15, 0.2) is 0 Å². The molecule has 0 fully saturated rings. The Morgan fingerprint density at radius 1 is 1.13 bits per heavy atom. The quantitative estimate of drug-likeness (QED) is 0.764. The van der Waals surface area contributed by atoms with Crippen LogP contribution in [-0.2, 0) is 0 Å². The third-order valence-corrected chi connectivity index (χ3v) is 2.26. The first-order chi connectivity index (χ1) is 7.27. The van der Waals surface area contributed by atoms with E-state index in [-0.39, 0.29) is 0 Å². The predicted octanol–water partition coefficient (Wildman–Crippen LogP) is 3.95. The Morgan fingerprint density at radius 2 is 1.80 bits per heavy atom. The zero-order chi connectivity index (χ0) is 11.1. The highest BCUT2D eigenvalue weighted by molar-refractivity contribution is 5.82. The van der Waals surface area contributed by atoms with Gasteiger partial charge in [-0.3, -0.25) is 0 Å². The van der Waals surface area contributed by atoms with Crippen molar-refractivity contribution in [3.63, 3.8) is 0 Å². The van der Waals surface area contributed by atoms with E-state index in [0.29, 0.717) is 0 Å². The van der Waals surface area contributed by atoms with Crippen LogP contribution < -0.4 is 5.73 Å². The van der Waals surface area contributed by atoms with Crippen molar-refractivity contribution >= 4 is 16.7 Å². The van der Waals surface area contributed by atoms with Crippen LogP contribution in [0.5, 0.6) is 0 Å². The third kappa shape index (κ3) is 3.66. The van der Waals surface area contributed by atoms with Crippen LogP contribution >= 0.6 is 0 Å². The lowest BCUT2D eigenvalue weighted by atomic mass is 10.3. The van der Waals surface area contributed by atoms with Crippen LogP contribution in [0, 0.1) is 0 Å². The Hall–Kier alpha value is -1.44. The number of hydrogen-bond donors (Lipinski definition) is 2. The molecule has 2 rings (SSSR count). The molecule has 0 aliphatic carbocycles. The molecular weight excluding hydrogens is 184 g/mol. The van der Waals surface area contributed by atoms with Gasteiger partial charge in [-0.05, 0) is 12.1 Å². The van der Waals surface area contributed by atoms with E-state index >= 15 is 0 Å². The van der Waals surface area contributed by atoms with Crippen LogP contribution in [0.1, 0.15) is 33.1 Å². The minimum atomic E-state index is 0.723. The summed E-state index contributed by atoms with van der Waals surface area (Å²) in [5.41, 5.74) is 6.63. The highest BCUT2D eigenvalue weighted by Crippen LogP contribution is 2.14. The van der Waals surface area contributed by atoms with Crippen molar-refractivity contribution in [3.8, 4) is 0 Å². The van der Waals surface area contributed by atoms with Crippen LogP contribution in [0.15, 0.2) is 30.3 Å². The number of aromatic nitrogens is 1. The summed E-state index contributed by atoms with van der Waals surface area (Å²) in [5, 5.41) is 1.17. The molecule has 0 saturated carbocycles. The first-order valence-corrected chi connectivity index (χ1v) is 5.61. The standard InChI is InChI=1S/C8H8N2.C5H12/c9-8-5-6-3-1-2-4-7(6)10-8;1-3-5-4-2/h1-5,10H,9H2;3-5H2,1-2H3. The summed E-state index contributed by atoms with van der Waals surface area (Å²) in [6.07, 6.45) is 4.08. The topological polar surface area (TPSA) is 41.8 Å². The number of anilines is 1. The fourth-order valence-corrected chi connectivity index (χ4v) is 1.45. The number of nitrogens with one attached hydrogen (secondary N) is 1. The van der Waals surface area contributed by atoms with Gasteiger partial charge in [-0.1, -0.05) is 51.3 Å². The van der Waals surface area contributed by atoms with Crippen LogP contribution in [0.3, 0.4) is 0 Å². The summed E-state index contributed by atoms with van der Waals surface area (Å²) in [4.78, 5) is 3.04. The van der Waals surface area contributed by atoms with Gasteiger partial charge in [-0.15, -0.1) is 0 Å². The van der Waals surface area contributed by atoms with Gasteiger partial charge in [-0.2, -0.15) is 0 Å². The number of nitrogens with two attached hydrogens (primary N) is 1. The van der Waals surface area contributed by atoms with E-state index in [1.165, 1.54) is 24.6 Å². The molecule has 2 aromatic rings. The Bertz CT molecular complexity index is 355. The molecule has 0 aliphatic rings. The van der Waals surface area contributed by atoms with Crippen molar-refractivity contribution in [2.24, 2.45) is 0 Å². The van der Waals surface area contributed by atoms with Gasteiger partial charge >= 0.3 is 0 Å². The summed E-state index contributed by atoms with van der Waals surface area (Å²) in [7, 11) is 0. The number of unbranched alkanes of at least 4 members (excludes halogenated alkanes) is 2. The van der Waals surface area contributed by atoms with E-state index in [1.54, 1.807) is 0 Å². The Labute approximate surface area is 91.5 Å². The van der Waals surface area contributed by atoms with E-state index in [1.807, 2.05) is 30.3 Å². The second kappa shape index (κ2) is 6.12. The molecule has 0 unspecified atom stereocenters. The molecule has 2 heteroatoms. The fraction of sp³-hybridized carbons (Fsp3) is 0.385. The number of fused-ring (bicyclic) bond motifs is 1. The molecule has 0 bridgehead atoms. The van der Waals surface area contributed by atoms with Crippen LogP contribution in [0.25, 0.3) is 10.9 Å². The minimum absolute atomic E-state index is 0.723. The lowest BCUT2D eigenvalue weighted by Gasteiger charge is -1.83. The number of para-hydroxylation sites is 1. The van der Waals surface area contributed by atoms with Gasteiger partial charge in [0, 0.05) is 10.9 Å². The van der Waals surface area contributed by atoms with Crippen LogP contribution in [0.2, 0.25) is 0 Å². The maximum atomic E-state index is 5.54. The molecule has 0 aliphatic heterocycles. The highest BCUT2D eigenvalue weighted by Gasteiger charge is 1.92. The fourth-order valence-electron chi connectivity index (χ4n) is 1.45. The van der Waals surface area contributed by atoms with Gasteiger partial charge in [0.2, 0.25) is 0 Å². The highest BCUT2D eigenvalue weighted by atomic mass is 14.8. The predicted molar refractivity (Wildman–Crippen MR) is 67.9 cm³/mol. The van der Waals surface area contributed by atoms with Gasteiger partial charge < -0.3 is 10.7 Å². The Kier molecular flexibility index (Phi) is 4.75. The molecule has 2 nitrogen and oxygen atoms in total. The van der Waals surface area contributed by atoms with Gasteiger partial charge in [0.1, 0.15) is 5.82 Å². The first kappa shape index (κ1) is 11.6. The van der Waals surface area contributed by atoms with E-state index in [9.17, 15) is 0 Å². The normalized spacial score (nSPS) is 9.73. The van der Waals surface area contributed by atoms with Crippen LogP contribution in [-0.4, -0.2) is 4.98 Å². The summed E-state index contributed by atoms with van der Waals surface area (Å²) < 4.78 is 0. The largest absolute Gasteiger partial charge is 0.385 e. The van der Waals surface area contributed by atoms with E-state index in [0.717, 1.165) is 11.3 Å². The zero-order valence-corrected chi connectivity index (χ0v) is 9.59. The van der Waals surface area contributed by atoms with Gasteiger partial charge in [0.05, 0.1) is 0 Å². The maximum Gasteiger partial charge on any atom is 0.101 e. The zero-order valence-electron chi connectivity index (χ0n) is 9.59. The molecule has 0 amide bonds. The molecule has 0 radical (unpaired) electrons. The number of aromatic amines is 1. The second-order valence-electron chi connectivity index (χ2n) is 3.67. The minimum Gasteiger partial charge on any atom is -0.385 e. The monoisotopic (exact) mass is 204 g/mol. The van der Waals surface area contributed by atoms with E-state index < -0.39 is 0 Å². The molecule has 1 heterocycles. The number of nitrogen functional groups attached to an aromatic ring is 1. The van der Waals surface area contributed by atoms with Gasteiger partial charge in [0.25, 0.3) is 0 Å². The van der Waals surface area contributed by atoms with Crippen molar-refractivity contribution in [2.45, 2.75) is 33.1 Å². The Balaban J connectivity index is 0.000000195. The van der Waals surface area contributed by atoms with Crippen molar-refractivity contribution in [3.05, 3.63) is 30.3 Å². The second-order valence-corrected chi connectivity index (χ2v) is 3.67. The number of hydrogen-bond acceptors (Lipinski definition) is 1. The lowest BCUT2D eigenvalue weighted by molar-refractivity contribution is 0.772. The van der Waals surface area contributed by atoms with E-state index in [4.69, 9.17) is 5.73 Å².